The van der Waals surface area contributed by atoms with Crippen LogP contribution in [0.25, 0.3) is 21.2 Å². The fourth-order valence-corrected chi connectivity index (χ4v) is 14.3. The van der Waals surface area contributed by atoms with Crippen molar-refractivity contribution in [1.82, 2.24) is 0 Å². The van der Waals surface area contributed by atoms with Crippen LogP contribution in [0.15, 0.2) is 109 Å². The lowest BCUT2D eigenvalue weighted by atomic mass is 9.35. The van der Waals surface area contributed by atoms with Gasteiger partial charge in [0.2, 0.25) is 0 Å². The van der Waals surface area contributed by atoms with E-state index in [-0.39, 0.29) is 39.2 Å². The Morgan fingerprint density at radius 2 is 1.11 bits per heavy atom. The molecule has 0 spiro atoms. The van der Waals surface area contributed by atoms with E-state index in [4.69, 9.17) is 0 Å². The molecule has 0 saturated heterocycles. The van der Waals surface area contributed by atoms with Crippen LogP contribution in [0, 0.1) is 0 Å². The minimum atomic E-state index is -0.111. The van der Waals surface area contributed by atoms with Gasteiger partial charge in [0.15, 0.2) is 0 Å². The number of rotatable bonds is 2. The summed E-state index contributed by atoms with van der Waals surface area (Å²) in [5.41, 5.74) is 24.1. The summed E-state index contributed by atoms with van der Waals surface area (Å²) in [6, 6.07) is 43.5. The van der Waals surface area contributed by atoms with Gasteiger partial charge in [0, 0.05) is 42.9 Å². The first-order valence-corrected chi connectivity index (χ1v) is 25.3. The molecule has 5 aliphatic rings. The minimum Gasteiger partial charge on any atom is -0.311 e. The molecule has 3 aliphatic heterocycles. The summed E-state index contributed by atoms with van der Waals surface area (Å²) in [6.07, 6.45) is 4.73. The molecule has 0 fully saturated rings. The summed E-state index contributed by atoms with van der Waals surface area (Å²) < 4.78 is 2.80. The van der Waals surface area contributed by atoms with E-state index in [9.17, 15) is 0 Å². The van der Waals surface area contributed by atoms with Crippen LogP contribution >= 0.6 is 11.3 Å². The van der Waals surface area contributed by atoms with Crippen LogP contribution in [0.1, 0.15) is 155 Å². The summed E-state index contributed by atoms with van der Waals surface area (Å²) in [6.45, 7) is 32.0. The van der Waals surface area contributed by atoms with Crippen LogP contribution in [-0.2, 0) is 32.5 Å². The molecule has 12 rings (SSSR count). The first-order valence-electron chi connectivity index (χ1n) is 24.5. The van der Waals surface area contributed by atoms with Gasteiger partial charge >= 0.3 is 0 Å². The molecule has 2 nitrogen and oxygen atoms in total. The van der Waals surface area contributed by atoms with E-state index in [1.54, 1.807) is 11.1 Å². The Bertz CT molecular complexity index is 3190. The molecule has 4 heteroatoms. The number of hydrogen-bond donors (Lipinski definition) is 0. The molecule has 328 valence electrons. The van der Waals surface area contributed by atoms with Gasteiger partial charge in [0.05, 0.1) is 17.1 Å². The van der Waals surface area contributed by atoms with Crippen molar-refractivity contribution in [2.45, 2.75) is 148 Å². The molecule has 65 heavy (non-hydrogen) atoms. The van der Waals surface area contributed by atoms with E-state index in [1.807, 2.05) is 11.3 Å². The molecule has 1 unspecified atom stereocenters. The molecular weight excluding hydrogens is 804 g/mol. The Morgan fingerprint density at radius 3 is 1.78 bits per heavy atom. The summed E-state index contributed by atoms with van der Waals surface area (Å²) in [5.74, 6) is 0. The normalized spacial score (nSPS) is 20.5. The highest BCUT2D eigenvalue weighted by Gasteiger charge is 2.55. The first-order chi connectivity index (χ1) is 30.6. The number of benzene rings is 6. The molecule has 7 aromatic rings. The lowest BCUT2D eigenvalue weighted by Crippen LogP contribution is -2.62. The highest BCUT2D eigenvalue weighted by molar-refractivity contribution is 7.33. The fourth-order valence-electron chi connectivity index (χ4n) is 12.9. The number of nitrogens with zero attached hydrogens (tertiary/aromatic N) is 2. The Morgan fingerprint density at radius 1 is 0.508 bits per heavy atom. The van der Waals surface area contributed by atoms with Crippen molar-refractivity contribution in [1.29, 1.82) is 0 Å². The van der Waals surface area contributed by atoms with Gasteiger partial charge in [0.1, 0.15) is 0 Å². The third-order valence-electron chi connectivity index (χ3n) is 17.1. The molecule has 6 aromatic carbocycles. The van der Waals surface area contributed by atoms with Crippen LogP contribution < -0.4 is 25.5 Å². The molecule has 0 amide bonds. The standard InChI is InChI=1S/C61H65BN2S/c1-56(2,3)37-23-26-46(40(31-37)36-19-15-14-16-20-36)63-48-32-38(57(4,5)6)33-49-52(48)62(55-53(63)39-21-17-18-22-50(39)65-55)45-25-24-41-51-54(45)64(49)47-35-43-42(59(9,10)27-28-60(43,11)12)34-44(47)61(51,13)30-29-58(41,7)8/h14-26,31-35H,27-30H2,1-13H3. The Hall–Kier alpha value is -5.06. The number of thiophene rings is 1. The topological polar surface area (TPSA) is 6.48 Å². The second-order valence-corrected chi connectivity index (χ2v) is 25.8. The second-order valence-electron chi connectivity index (χ2n) is 24.8. The van der Waals surface area contributed by atoms with Crippen LogP contribution in [-0.4, -0.2) is 6.71 Å². The van der Waals surface area contributed by atoms with E-state index in [2.05, 4.69) is 209 Å². The maximum atomic E-state index is 2.83. The van der Waals surface area contributed by atoms with Gasteiger partial charge in [-0.3, -0.25) is 0 Å². The van der Waals surface area contributed by atoms with Crippen molar-refractivity contribution in [2.24, 2.45) is 0 Å². The average Bonchev–Trinajstić information content (AvgIpc) is 3.64. The predicted molar refractivity (Wildman–Crippen MR) is 283 cm³/mol. The Kier molecular flexibility index (Phi) is 8.34. The fraction of sp³-hybridized carbons (Fsp3) is 0.377. The average molecular weight is 869 g/mol. The monoisotopic (exact) mass is 868 g/mol. The van der Waals surface area contributed by atoms with E-state index in [0.717, 1.165) is 6.42 Å². The van der Waals surface area contributed by atoms with Crippen molar-refractivity contribution < 1.29 is 0 Å². The lowest BCUT2D eigenvalue weighted by molar-refractivity contribution is 0.327. The smallest absolute Gasteiger partial charge is 0.264 e. The van der Waals surface area contributed by atoms with E-state index >= 15 is 0 Å². The van der Waals surface area contributed by atoms with Crippen molar-refractivity contribution in [2.75, 3.05) is 9.80 Å². The Balaban J connectivity index is 1.25. The molecule has 1 atom stereocenters. The van der Waals surface area contributed by atoms with Gasteiger partial charge < -0.3 is 9.80 Å². The molecule has 2 aliphatic carbocycles. The molecule has 0 radical (unpaired) electrons. The SMILES string of the molecule is CC(C)(C)c1ccc(N2c3cc(C(C)(C)C)cc4c3B(c3ccc5c6c3N4c3cc4c(cc3C6(C)CCC5(C)C)C(C)(C)CCC4(C)C)c3sc4ccccc4c32)c(-c2ccccc2)c1. The van der Waals surface area contributed by atoms with E-state index in [1.165, 1.54) is 118 Å². The predicted octanol–water partition coefficient (Wildman–Crippen LogP) is 15.3. The summed E-state index contributed by atoms with van der Waals surface area (Å²) in [5, 5.41) is 1.33. The zero-order valence-corrected chi connectivity index (χ0v) is 41.9. The molecular formula is C61H65BN2S. The van der Waals surface area contributed by atoms with Crippen molar-refractivity contribution in [3.8, 4) is 11.1 Å². The number of fused-ring (bicyclic) bond motifs is 10. The van der Waals surface area contributed by atoms with Crippen LogP contribution in [0.4, 0.5) is 34.1 Å². The molecule has 0 bridgehead atoms. The summed E-state index contributed by atoms with van der Waals surface area (Å²) in [4.78, 5) is 5.54. The Labute approximate surface area is 393 Å². The molecule has 4 heterocycles. The quantitative estimate of drug-likeness (QED) is 0.160. The molecule has 1 aromatic heterocycles. The van der Waals surface area contributed by atoms with Gasteiger partial charge in [-0.05, 0) is 145 Å². The third kappa shape index (κ3) is 5.65. The van der Waals surface area contributed by atoms with Crippen molar-refractivity contribution in [3.63, 3.8) is 0 Å². The van der Waals surface area contributed by atoms with E-state index < -0.39 is 0 Å². The van der Waals surface area contributed by atoms with E-state index in [0.29, 0.717) is 0 Å². The largest absolute Gasteiger partial charge is 0.311 e. The highest BCUT2D eigenvalue weighted by atomic mass is 32.1. The second kappa shape index (κ2) is 13.1. The minimum absolute atomic E-state index is 0.00283. The van der Waals surface area contributed by atoms with Gasteiger partial charge in [-0.15, -0.1) is 11.3 Å². The van der Waals surface area contributed by atoms with Crippen molar-refractivity contribution >= 4 is 78.0 Å². The number of hydrogen-bond acceptors (Lipinski definition) is 3. The lowest BCUT2D eigenvalue weighted by Gasteiger charge is -2.55. The van der Waals surface area contributed by atoms with Gasteiger partial charge in [-0.1, -0.05) is 163 Å². The molecule has 0 N–H and O–H groups in total. The van der Waals surface area contributed by atoms with Crippen LogP contribution in [0.3, 0.4) is 0 Å². The summed E-state index contributed by atoms with van der Waals surface area (Å²) in [7, 11) is 0. The maximum absolute atomic E-state index is 2.83. The zero-order valence-electron chi connectivity index (χ0n) is 41.1. The number of anilines is 6. The van der Waals surface area contributed by atoms with Crippen LogP contribution in [0.2, 0.25) is 0 Å². The highest BCUT2D eigenvalue weighted by Crippen LogP contribution is 2.63. The summed E-state index contributed by atoms with van der Waals surface area (Å²) >= 11 is 2.02. The van der Waals surface area contributed by atoms with Crippen LogP contribution in [0.5, 0.6) is 0 Å². The molecule has 0 saturated carbocycles. The van der Waals surface area contributed by atoms with Gasteiger partial charge in [0.25, 0.3) is 6.71 Å². The zero-order chi connectivity index (χ0) is 45.5. The van der Waals surface area contributed by atoms with Gasteiger partial charge in [-0.25, -0.2) is 0 Å². The van der Waals surface area contributed by atoms with Crippen molar-refractivity contribution in [3.05, 3.63) is 148 Å². The van der Waals surface area contributed by atoms with Gasteiger partial charge in [-0.2, -0.15) is 0 Å². The first kappa shape index (κ1) is 41.4. The third-order valence-corrected chi connectivity index (χ3v) is 18.3. The maximum Gasteiger partial charge on any atom is 0.264 e.